The maximum atomic E-state index is 13.9. The van der Waals surface area contributed by atoms with Gasteiger partial charge in [0.1, 0.15) is 12.6 Å². The van der Waals surface area contributed by atoms with Crippen LogP contribution in [0.15, 0.2) is 83.8 Å². The molecule has 0 aliphatic heterocycles. The molecule has 7 nitrogen and oxygen atoms in total. The molecule has 0 aliphatic carbocycles. The second kappa shape index (κ2) is 12.9. The molecule has 2 amide bonds. The maximum Gasteiger partial charge on any atom is 0.264 e. The Morgan fingerprint density at radius 3 is 2.21 bits per heavy atom. The SMILES string of the molecule is CCC(C)NC(=O)C(C)N(Cc1cccc(C)c1)C(=O)CN(c1ccc(Cl)cc1)S(=O)(=O)c1ccccc1. The molecule has 2 atom stereocenters. The van der Waals surface area contributed by atoms with E-state index in [-0.39, 0.29) is 23.4 Å². The van der Waals surface area contributed by atoms with E-state index >= 15 is 0 Å². The summed E-state index contributed by atoms with van der Waals surface area (Å²) in [5.74, 6) is -0.808. The van der Waals surface area contributed by atoms with Crippen LogP contribution in [0.3, 0.4) is 0 Å². The highest BCUT2D eigenvalue weighted by atomic mass is 35.5. The van der Waals surface area contributed by atoms with Crippen LogP contribution in [0.1, 0.15) is 38.3 Å². The predicted octanol–water partition coefficient (Wildman–Crippen LogP) is 5.18. The summed E-state index contributed by atoms with van der Waals surface area (Å²) >= 11 is 6.05. The molecule has 0 aromatic heterocycles. The van der Waals surface area contributed by atoms with Gasteiger partial charge in [-0.05, 0) is 69.2 Å². The number of sulfonamides is 1. The van der Waals surface area contributed by atoms with Crippen LogP contribution in [-0.2, 0) is 26.2 Å². The monoisotopic (exact) mass is 555 g/mol. The molecular weight excluding hydrogens is 522 g/mol. The molecular formula is C29H34ClN3O4S. The molecule has 2 unspecified atom stereocenters. The zero-order valence-corrected chi connectivity index (χ0v) is 23.7. The first-order chi connectivity index (χ1) is 18.0. The fraction of sp³-hybridized carbons (Fsp3) is 0.310. The normalized spacial score (nSPS) is 12.9. The second-order valence-electron chi connectivity index (χ2n) is 9.31. The topological polar surface area (TPSA) is 86.8 Å². The molecule has 0 saturated carbocycles. The van der Waals surface area contributed by atoms with E-state index < -0.39 is 28.5 Å². The van der Waals surface area contributed by atoms with Crippen LogP contribution < -0.4 is 9.62 Å². The van der Waals surface area contributed by atoms with Crippen molar-refractivity contribution in [2.75, 3.05) is 10.8 Å². The number of nitrogens with one attached hydrogen (secondary N) is 1. The van der Waals surface area contributed by atoms with E-state index in [1.54, 1.807) is 49.4 Å². The number of carbonyl (C=O) groups is 2. The fourth-order valence-electron chi connectivity index (χ4n) is 3.91. The quantitative estimate of drug-likeness (QED) is 0.353. The number of aryl methyl sites for hydroxylation is 1. The van der Waals surface area contributed by atoms with E-state index in [1.807, 2.05) is 45.0 Å². The van der Waals surface area contributed by atoms with E-state index in [9.17, 15) is 18.0 Å². The van der Waals surface area contributed by atoms with Crippen molar-refractivity contribution in [2.45, 2.75) is 57.6 Å². The van der Waals surface area contributed by atoms with Crippen molar-refractivity contribution in [1.82, 2.24) is 10.2 Å². The van der Waals surface area contributed by atoms with E-state index in [0.717, 1.165) is 21.9 Å². The molecule has 3 aromatic rings. The summed E-state index contributed by atoms with van der Waals surface area (Å²) in [5, 5.41) is 3.37. The van der Waals surface area contributed by atoms with Crippen molar-refractivity contribution < 1.29 is 18.0 Å². The number of hydrogen-bond acceptors (Lipinski definition) is 4. The Morgan fingerprint density at radius 2 is 1.61 bits per heavy atom. The lowest BCUT2D eigenvalue weighted by Gasteiger charge is -2.32. The van der Waals surface area contributed by atoms with Gasteiger partial charge in [0.15, 0.2) is 0 Å². The lowest BCUT2D eigenvalue weighted by atomic mass is 10.1. The number of anilines is 1. The van der Waals surface area contributed by atoms with Crippen molar-refractivity contribution in [1.29, 1.82) is 0 Å². The maximum absolute atomic E-state index is 13.9. The van der Waals surface area contributed by atoms with Crippen molar-refractivity contribution in [3.05, 3.63) is 95.0 Å². The molecule has 202 valence electrons. The van der Waals surface area contributed by atoms with Gasteiger partial charge in [0.25, 0.3) is 10.0 Å². The highest BCUT2D eigenvalue weighted by Gasteiger charge is 2.32. The molecule has 38 heavy (non-hydrogen) atoms. The third-order valence-corrected chi connectivity index (χ3v) is 8.37. The van der Waals surface area contributed by atoms with Gasteiger partial charge in [0, 0.05) is 17.6 Å². The van der Waals surface area contributed by atoms with E-state index in [0.29, 0.717) is 10.7 Å². The van der Waals surface area contributed by atoms with Crippen LogP contribution in [0.25, 0.3) is 0 Å². The number of nitrogens with zero attached hydrogens (tertiary/aromatic N) is 2. The Hall–Kier alpha value is -3.36. The lowest BCUT2D eigenvalue weighted by molar-refractivity contribution is -0.139. The molecule has 0 saturated heterocycles. The van der Waals surface area contributed by atoms with E-state index in [4.69, 9.17) is 11.6 Å². The van der Waals surface area contributed by atoms with Gasteiger partial charge in [0.2, 0.25) is 11.8 Å². The van der Waals surface area contributed by atoms with Crippen LogP contribution in [0.2, 0.25) is 5.02 Å². The number of benzene rings is 3. The molecule has 0 aliphatic rings. The number of amides is 2. The first kappa shape index (κ1) is 29.2. The summed E-state index contributed by atoms with van der Waals surface area (Å²) < 4.78 is 28.5. The van der Waals surface area contributed by atoms with Crippen LogP contribution >= 0.6 is 11.6 Å². The Bertz CT molecular complexity index is 1350. The predicted molar refractivity (Wildman–Crippen MR) is 152 cm³/mol. The molecule has 0 fully saturated rings. The first-order valence-corrected chi connectivity index (χ1v) is 14.3. The van der Waals surface area contributed by atoms with Crippen molar-refractivity contribution in [3.63, 3.8) is 0 Å². The van der Waals surface area contributed by atoms with Crippen molar-refractivity contribution in [2.24, 2.45) is 0 Å². The van der Waals surface area contributed by atoms with Gasteiger partial charge in [-0.2, -0.15) is 0 Å². The van der Waals surface area contributed by atoms with E-state index in [2.05, 4.69) is 5.32 Å². The minimum Gasteiger partial charge on any atom is -0.352 e. The minimum absolute atomic E-state index is 0.0514. The summed E-state index contributed by atoms with van der Waals surface area (Å²) in [7, 11) is -4.10. The Balaban J connectivity index is 2.01. The molecule has 9 heteroatoms. The molecule has 0 heterocycles. The zero-order chi connectivity index (χ0) is 27.9. The number of rotatable bonds is 11. The number of halogens is 1. The van der Waals surface area contributed by atoms with Crippen LogP contribution in [0.5, 0.6) is 0 Å². The standard InChI is InChI=1S/C29H34ClN3O4S/c1-5-22(3)31-29(35)23(4)32(19-24-11-9-10-21(2)18-24)28(34)20-33(26-16-14-25(30)15-17-26)38(36,37)27-12-7-6-8-13-27/h6-18,22-23H,5,19-20H2,1-4H3,(H,31,35). The van der Waals surface area contributed by atoms with Crippen molar-refractivity contribution >= 4 is 39.1 Å². The van der Waals surface area contributed by atoms with Gasteiger partial charge in [-0.15, -0.1) is 0 Å². The van der Waals surface area contributed by atoms with Gasteiger partial charge in [-0.1, -0.05) is 66.6 Å². The second-order valence-corrected chi connectivity index (χ2v) is 11.6. The molecule has 3 rings (SSSR count). The number of hydrogen-bond donors (Lipinski definition) is 1. The fourth-order valence-corrected chi connectivity index (χ4v) is 5.47. The van der Waals surface area contributed by atoms with Crippen LogP contribution in [0, 0.1) is 6.92 Å². The average molecular weight is 556 g/mol. The third-order valence-electron chi connectivity index (χ3n) is 6.33. The summed E-state index contributed by atoms with van der Waals surface area (Å²) in [5.41, 5.74) is 2.14. The molecule has 0 radical (unpaired) electrons. The summed E-state index contributed by atoms with van der Waals surface area (Å²) in [6.45, 7) is 7.12. The minimum atomic E-state index is -4.10. The lowest BCUT2D eigenvalue weighted by Crippen LogP contribution is -2.52. The summed E-state index contributed by atoms with van der Waals surface area (Å²) in [6, 6.07) is 20.9. The van der Waals surface area contributed by atoms with Gasteiger partial charge in [0.05, 0.1) is 10.6 Å². The third kappa shape index (κ3) is 7.36. The Kier molecular flexibility index (Phi) is 9.94. The number of carbonyl (C=O) groups excluding carboxylic acids is 2. The van der Waals surface area contributed by atoms with Gasteiger partial charge >= 0.3 is 0 Å². The highest BCUT2D eigenvalue weighted by Crippen LogP contribution is 2.26. The molecule has 3 aromatic carbocycles. The Morgan fingerprint density at radius 1 is 0.947 bits per heavy atom. The van der Waals surface area contributed by atoms with Gasteiger partial charge in [-0.3, -0.25) is 13.9 Å². The Labute approximate surface area is 230 Å². The molecule has 1 N–H and O–H groups in total. The highest BCUT2D eigenvalue weighted by molar-refractivity contribution is 7.92. The first-order valence-electron chi connectivity index (χ1n) is 12.5. The van der Waals surface area contributed by atoms with Crippen LogP contribution in [0.4, 0.5) is 5.69 Å². The van der Waals surface area contributed by atoms with Crippen molar-refractivity contribution in [3.8, 4) is 0 Å². The summed E-state index contributed by atoms with van der Waals surface area (Å²) in [4.78, 5) is 28.4. The molecule has 0 bridgehead atoms. The molecule has 0 spiro atoms. The average Bonchev–Trinajstić information content (AvgIpc) is 2.90. The largest absolute Gasteiger partial charge is 0.352 e. The zero-order valence-electron chi connectivity index (χ0n) is 22.1. The van der Waals surface area contributed by atoms with Gasteiger partial charge < -0.3 is 10.2 Å². The summed E-state index contributed by atoms with van der Waals surface area (Å²) in [6.07, 6.45) is 0.740. The van der Waals surface area contributed by atoms with Gasteiger partial charge in [-0.25, -0.2) is 8.42 Å². The van der Waals surface area contributed by atoms with E-state index in [1.165, 1.54) is 17.0 Å². The van der Waals surface area contributed by atoms with Crippen LogP contribution in [-0.4, -0.2) is 43.8 Å². The smallest absolute Gasteiger partial charge is 0.264 e.